The number of hydrogen-bond donors (Lipinski definition) is 0. The predicted octanol–water partition coefficient (Wildman–Crippen LogP) is 6.31. The highest BCUT2D eigenvalue weighted by atomic mass is 19.1. The van der Waals surface area contributed by atoms with Gasteiger partial charge >= 0.3 is 0 Å². The molecule has 224 valence electrons. The van der Waals surface area contributed by atoms with E-state index in [0.29, 0.717) is 6.54 Å². The van der Waals surface area contributed by atoms with Crippen LogP contribution in [0.3, 0.4) is 0 Å². The molecule has 0 spiro atoms. The van der Waals surface area contributed by atoms with Crippen molar-refractivity contribution in [2.24, 2.45) is 5.92 Å². The van der Waals surface area contributed by atoms with Gasteiger partial charge in [-0.3, -0.25) is 19.2 Å². The van der Waals surface area contributed by atoms with E-state index in [-0.39, 0.29) is 23.7 Å². The second-order valence-corrected chi connectivity index (χ2v) is 12.0. The Kier molecular flexibility index (Phi) is 8.22. The van der Waals surface area contributed by atoms with Gasteiger partial charge in [0.15, 0.2) is 0 Å². The lowest BCUT2D eigenvalue weighted by Gasteiger charge is -2.42. The largest absolute Gasteiger partial charge is 0.340 e. The minimum atomic E-state index is -0.256. The topological polar surface area (TPSA) is 44.6 Å². The Hall–Kier alpha value is -4.33. The summed E-state index contributed by atoms with van der Waals surface area (Å²) in [5.74, 6) is 0.913. The highest BCUT2D eigenvalue weighted by molar-refractivity contribution is 5.79. The molecule has 1 atom stereocenters. The van der Waals surface area contributed by atoms with E-state index in [0.717, 1.165) is 74.7 Å². The Balaban J connectivity index is 1.03. The number of benzene rings is 4. The number of aromatic nitrogens is 2. The molecule has 3 heterocycles. The van der Waals surface area contributed by atoms with Gasteiger partial charge in [-0.15, -0.1) is 0 Å². The summed E-state index contributed by atoms with van der Waals surface area (Å²) < 4.78 is 15.9. The van der Waals surface area contributed by atoms with E-state index in [1.165, 1.54) is 23.3 Å². The molecule has 2 saturated heterocycles. The minimum Gasteiger partial charge on any atom is -0.340 e. The lowest BCUT2D eigenvalue weighted by molar-refractivity contribution is -0.139. The molecule has 0 bridgehead atoms. The van der Waals surface area contributed by atoms with Gasteiger partial charge in [-0.05, 0) is 66.9 Å². The van der Waals surface area contributed by atoms with E-state index in [9.17, 15) is 9.18 Å². The number of carbonyl (C=O) groups is 1. The molecule has 2 aliphatic rings. The van der Waals surface area contributed by atoms with Crippen LogP contribution in [-0.4, -0.2) is 69.4 Å². The number of halogens is 1. The van der Waals surface area contributed by atoms with E-state index in [2.05, 4.69) is 86.0 Å². The second-order valence-electron chi connectivity index (χ2n) is 12.0. The smallest absolute Gasteiger partial charge is 0.227 e. The molecular weight excluding hydrogens is 549 g/mol. The van der Waals surface area contributed by atoms with E-state index in [4.69, 9.17) is 4.98 Å². The molecule has 1 aromatic heterocycles. The first-order valence-corrected chi connectivity index (χ1v) is 15.7. The van der Waals surface area contributed by atoms with Crippen LogP contribution >= 0.6 is 0 Å². The molecule has 0 N–H and O–H groups in total. The number of piperazine rings is 1. The van der Waals surface area contributed by atoms with Gasteiger partial charge in [-0.1, -0.05) is 72.8 Å². The van der Waals surface area contributed by atoms with E-state index in [1.807, 2.05) is 18.2 Å². The predicted molar refractivity (Wildman–Crippen MR) is 172 cm³/mol. The Morgan fingerprint density at radius 2 is 1.41 bits per heavy atom. The number of hydrogen-bond acceptors (Lipinski definition) is 4. The molecule has 0 aliphatic carbocycles. The number of fused-ring (bicyclic) bond motifs is 1. The Bertz CT molecular complexity index is 1660. The maximum atomic E-state index is 13.9. The molecule has 2 fully saturated rings. The van der Waals surface area contributed by atoms with Crippen molar-refractivity contribution >= 4 is 16.9 Å². The maximum Gasteiger partial charge on any atom is 0.227 e. The van der Waals surface area contributed by atoms with Crippen molar-refractivity contribution in [3.63, 3.8) is 0 Å². The summed E-state index contributed by atoms with van der Waals surface area (Å²) in [6, 6.07) is 36.2. The van der Waals surface area contributed by atoms with E-state index >= 15 is 0 Å². The summed E-state index contributed by atoms with van der Waals surface area (Å²) in [7, 11) is 0. The number of para-hydroxylation sites is 2. The van der Waals surface area contributed by atoms with Crippen LogP contribution in [0.5, 0.6) is 0 Å². The highest BCUT2D eigenvalue weighted by Crippen LogP contribution is 2.31. The summed E-state index contributed by atoms with van der Waals surface area (Å²) >= 11 is 0. The number of imidazole rings is 1. The van der Waals surface area contributed by atoms with Crippen molar-refractivity contribution < 1.29 is 9.18 Å². The molecule has 0 radical (unpaired) electrons. The Labute approximate surface area is 258 Å². The standard InChI is InChI=1S/C37H38FN5O/c38-31-17-19-32(20-18-31)43-34-16-8-7-15-33(34)39-35(43)27-40-21-9-14-30(26-40)37(44)42-24-22-41(23-25-42)36(28-10-3-1-4-11-28)29-12-5-2-6-13-29/h1-8,10-13,15-20,30,36H,9,14,21-27H2/t30-/m0/s1. The quantitative estimate of drug-likeness (QED) is 0.224. The molecule has 2 aliphatic heterocycles. The summed E-state index contributed by atoms with van der Waals surface area (Å²) in [6.45, 7) is 5.47. The monoisotopic (exact) mass is 587 g/mol. The van der Waals surface area contributed by atoms with Crippen LogP contribution in [0.2, 0.25) is 0 Å². The molecular formula is C37H38FN5O. The average molecular weight is 588 g/mol. The molecule has 5 aromatic rings. The number of amides is 1. The highest BCUT2D eigenvalue weighted by Gasteiger charge is 2.33. The summed E-state index contributed by atoms with van der Waals surface area (Å²) in [5.41, 5.74) is 5.38. The fourth-order valence-corrected chi connectivity index (χ4v) is 7.00. The lowest BCUT2D eigenvalue weighted by Crippen LogP contribution is -2.53. The average Bonchev–Trinajstić information content (AvgIpc) is 3.44. The molecule has 6 nitrogen and oxygen atoms in total. The molecule has 7 heteroatoms. The number of nitrogens with zero attached hydrogens (tertiary/aromatic N) is 5. The maximum absolute atomic E-state index is 13.9. The van der Waals surface area contributed by atoms with Crippen LogP contribution in [0, 0.1) is 11.7 Å². The summed E-state index contributed by atoms with van der Waals surface area (Å²) in [6.07, 6.45) is 1.90. The van der Waals surface area contributed by atoms with Gasteiger partial charge in [0.25, 0.3) is 0 Å². The molecule has 0 unspecified atom stereocenters. The number of likely N-dealkylation sites (tertiary alicyclic amines) is 1. The van der Waals surface area contributed by atoms with Crippen LogP contribution in [0.25, 0.3) is 16.7 Å². The first-order valence-electron chi connectivity index (χ1n) is 15.7. The van der Waals surface area contributed by atoms with Crippen LogP contribution in [-0.2, 0) is 11.3 Å². The first kappa shape index (κ1) is 28.4. The fourth-order valence-electron chi connectivity index (χ4n) is 7.00. The van der Waals surface area contributed by atoms with Gasteiger partial charge in [0, 0.05) is 38.4 Å². The molecule has 0 saturated carbocycles. The van der Waals surface area contributed by atoms with Gasteiger partial charge in [0.05, 0.1) is 29.5 Å². The van der Waals surface area contributed by atoms with Crippen molar-refractivity contribution in [1.29, 1.82) is 0 Å². The van der Waals surface area contributed by atoms with Gasteiger partial charge in [-0.2, -0.15) is 0 Å². The van der Waals surface area contributed by atoms with Crippen LogP contribution in [0.1, 0.15) is 35.8 Å². The first-order chi connectivity index (χ1) is 21.6. The van der Waals surface area contributed by atoms with Crippen molar-refractivity contribution in [3.05, 3.63) is 132 Å². The van der Waals surface area contributed by atoms with Gasteiger partial charge < -0.3 is 4.90 Å². The molecule has 4 aromatic carbocycles. The fraction of sp³-hybridized carbons (Fsp3) is 0.297. The summed E-state index contributed by atoms with van der Waals surface area (Å²) in [5, 5.41) is 0. The number of rotatable bonds is 7. The molecule has 7 rings (SSSR count). The third-order valence-electron chi connectivity index (χ3n) is 9.16. The van der Waals surface area contributed by atoms with E-state index < -0.39 is 0 Å². The SMILES string of the molecule is O=C([C@H]1CCCN(Cc2nc3ccccc3n2-c2ccc(F)cc2)C1)N1CCN(C(c2ccccc2)c2ccccc2)CC1. The van der Waals surface area contributed by atoms with Crippen LogP contribution in [0.15, 0.2) is 109 Å². The van der Waals surface area contributed by atoms with Crippen LogP contribution < -0.4 is 0 Å². The van der Waals surface area contributed by atoms with Gasteiger partial charge in [0.1, 0.15) is 11.6 Å². The number of carbonyl (C=O) groups excluding carboxylic acids is 1. The lowest BCUT2D eigenvalue weighted by atomic mass is 9.95. The third kappa shape index (κ3) is 5.90. The normalized spacial score (nSPS) is 18.2. The zero-order valence-corrected chi connectivity index (χ0v) is 24.9. The second kappa shape index (κ2) is 12.7. The Morgan fingerprint density at radius 3 is 2.09 bits per heavy atom. The van der Waals surface area contributed by atoms with Gasteiger partial charge in [-0.25, -0.2) is 9.37 Å². The Morgan fingerprint density at radius 1 is 0.773 bits per heavy atom. The van der Waals surface area contributed by atoms with Gasteiger partial charge in [0.2, 0.25) is 5.91 Å². The third-order valence-corrected chi connectivity index (χ3v) is 9.16. The zero-order chi connectivity index (χ0) is 29.9. The minimum absolute atomic E-state index is 0.0157. The van der Waals surface area contributed by atoms with Crippen molar-refractivity contribution in [1.82, 2.24) is 24.3 Å². The van der Waals surface area contributed by atoms with Crippen molar-refractivity contribution in [2.45, 2.75) is 25.4 Å². The zero-order valence-electron chi connectivity index (χ0n) is 24.9. The van der Waals surface area contributed by atoms with Crippen molar-refractivity contribution in [3.8, 4) is 5.69 Å². The summed E-state index contributed by atoms with van der Waals surface area (Å²) in [4.78, 5) is 25.8. The van der Waals surface area contributed by atoms with Crippen molar-refractivity contribution in [2.75, 3.05) is 39.3 Å². The molecule has 1 amide bonds. The van der Waals surface area contributed by atoms with E-state index in [1.54, 1.807) is 12.1 Å². The number of piperidine rings is 1. The molecule has 44 heavy (non-hydrogen) atoms. The van der Waals surface area contributed by atoms with Crippen LogP contribution in [0.4, 0.5) is 4.39 Å².